The average Bonchev–Trinajstić information content (AvgIpc) is 3.16. The molecular weight excluding hydrogens is 333 g/mol. The third-order valence-electron chi connectivity index (χ3n) is 4.62. The molecule has 3 rings (SSSR count). The maximum absolute atomic E-state index is 13.0. The summed E-state index contributed by atoms with van der Waals surface area (Å²) >= 11 is 0. The molecule has 2 aromatic rings. The largest absolute Gasteiger partial charge is 0.497 e. The Morgan fingerprint density at radius 2 is 1.92 bits per heavy atom. The van der Waals surface area contributed by atoms with E-state index in [9.17, 15) is 9.18 Å². The SMILES string of the molecule is COc1ccc(OC)c(C2CCCN2C(=O)C=Cc2ccc(F)cc2)c1. The van der Waals surface area contributed by atoms with Crippen LogP contribution in [0.1, 0.15) is 30.0 Å². The van der Waals surface area contributed by atoms with Crippen molar-refractivity contribution >= 4 is 12.0 Å². The number of halogens is 1. The second kappa shape index (κ2) is 8.04. The highest BCUT2D eigenvalue weighted by atomic mass is 19.1. The first-order valence-corrected chi connectivity index (χ1v) is 8.58. The Hall–Kier alpha value is -2.82. The Morgan fingerprint density at radius 3 is 2.62 bits per heavy atom. The molecule has 1 aliphatic rings. The van der Waals surface area contributed by atoms with E-state index in [1.807, 2.05) is 23.1 Å². The van der Waals surface area contributed by atoms with E-state index in [1.165, 1.54) is 18.2 Å². The number of carbonyl (C=O) groups excluding carboxylic acids is 1. The van der Waals surface area contributed by atoms with Gasteiger partial charge in [-0.25, -0.2) is 4.39 Å². The van der Waals surface area contributed by atoms with Crippen molar-refractivity contribution in [2.75, 3.05) is 20.8 Å². The van der Waals surface area contributed by atoms with Gasteiger partial charge in [0.15, 0.2) is 0 Å². The van der Waals surface area contributed by atoms with Crippen molar-refractivity contribution in [3.8, 4) is 11.5 Å². The first-order valence-electron chi connectivity index (χ1n) is 8.58. The second-order valence-corrected chi connectivity index (χ2v) is 6.18. The summed E-state index contributed by atoms with van der Waals surface area (Å²) in [4.78, 5) is 14.6. The lowest BCUT2D eigenvalue weighted by Gasteiger charge is -2.25. The minimum absolute atomic E-state index is 0.0505. The summed E-state index contributed by atoms with van der Waals surface area (Å²) in [6.45, 7) is 0.692. The number of likely N-dealkylation sites (tertiary alicyclic amines) is 1. The molecule has 1 unspecified atom stereocenters. The zero-order valence-corrected chi connectivity index (χ0v) is 14.9. The summed E-state index contributed by atoms with van der Waals surface area (Å²) in [6.07, 6.45) is 5.05. The van der Waals surface area contributed by atoms with Gasteiger partial charge < -0.3 is 14.4 Å². The fourth-order valence-electron chi connectivity index (χ4n) is 3.29. The van der Waals surface area contributed by atoms with Crippen LogP contribution in [0, 0.1) is 5.82 Å². The normalized spacial score (nSPS) is 16.9. The molecule has 136 valence electrons. The van der Waals surface area contributed by atoms with Crippen molar-refractivity contribution in [1.29, 1.82) is 0 Å². The van der Waals surface area contributed by atoms with Gasteiger partial charge in [-0.1, -0.05) is 12.1 Å². The molecule has 0 spiro atoms. The molecule has 1 heterocycles. The Kier molecular flexibility index (Phi) is 5.56. The topological polar surface area (TPSA) is 38.8 Å². The monoisotopic (exact) mass is 355 g/mol. The maximum atomic E-state index is 13.0. The second-order valence-electron chi connectivity index (χ2n) is 6.18. The molecule has 1 fully saturated rings. The number of benzene rings is 2. The summed E-state index contributed by atoms with van der Waals surface area (Å²) in [6, 6.07) is 11.6. The van der Waals surface area contributed by atoms with E-state index >= 15 is 0 Å². The van der Waals surface area contributed by atoms with E-state index in [0.29, 0.717) is 6.54 Å². The summed E-state index contributed by atoms with van der Waals surface area (Å²) < 4.78 is 23.8. The Morgan fingerprint density at radius 1 is 1.15 bits per heavy atom. The van der Waals surface area contributed by atoms with Crippen LogP contribution >= 0.6 is 0 Å². The molecule has 0 radical (unpaired) electrons. The van der Waals surface area contributed by atoms with Gasteiger partial charge in [-0.2, -0.15) is 0 Å². The van der Waals surface area contributed by atoms with Gasteiger partial charge in [0.05, 0.1) is 20.3 Å². The van der Waals surface area contributed by atoms with Crippen LogP contribution in [0.5, 0.6) is 11.5 Å². The maximum Gasteiger partial charge on any atom is 0.247 e. The van der Waals surface area contributed by atoms with Crippen LogP contribution in [0.3, 0.4) is 0 Å². The molecule has 0 aromatic heterocycles. The predicted octanol–water partition coefficient (Wildman–Crippen LogP) is 4.22. The molecule has 5 heteroatoms. The number of amides is 1. The van der Waals surface area contributed by atoms with Crippen molar-refractivity contribution in [2.45, 2.75) is 18.9 Å². The molecule has 0 N–H and O–H groups in total. The first-order chi connectivity index (χ1) is 12.6. The summed E-state index contributed by atoms with van der Waals surface area (Å²) in [5.41, 5.74) is 1.74. The lowest BCUT2D eigenvalue weighted by molar-refractivity contribution is -0.126. The smallest absolute Gasteiger partial charge is 0.247 e. The van der Waals surface area contributed by atoms with Crippen molar-refractivity contribution in [3.05, 3.63) is 65.5 Å². The quantitative estimate of drug-likeness (QED) is 0.754. The van der Waals surface area contributed by atoms with Crippen LogP contribution in [0.2, 0.25) is 0 Å². The highest BCUT2D eigenvalue weighted by Gasteiger charge is 2.31. The molecule has 0 bridgehead atoms. The highest BCUT2D eigenvalue weighted by Crippen LogP contribution is 2.39. The fraction of sp³-hybridized carbons (Fsp3) is 0.286. The summed E-state index contributed by atoms with van der Waals surface area (Å²) in [7, 11) is 3.25. The lowest BCUT2D eigenvalue weighted by atomic mass is 10.0. The minimum atomic E-state index is -0.293. The van der Waals surface area contributed by atoms with Crippen LogP contribution in [0.4, 0.5) is 4.39 Å². The molecule has 26 heavy (non-hydrogen) atoms. The van der Waals surface area contributed by atoms with E-state index in [1.54, 1.807) is 32.4 Å². The van der Waals surface area contributed by atoms with Gasteiger partial charge >= 0.3 is 0 Å². The van der Waals surface area contributed by atoms with Crippen LogP contribution in [0.25, 0.3) is 6.08 Å². The van der Waals surface area contributed by atoms with Crippen LogP contribution in [0.15, 0.2) is 48.5 Å². The average molecular weight is 355 g/mol. The third kappa shape index (κ3) is 3.87. The highest BCUT2D eigenvalue weighted by molar-refractivity contribution is 5.92. The molecular formula is C21H22FNO3. The van der Waals surface area contributed by atoms with Crippen LogP contribution in [-0.4, -0.2) is 31.6 Å². The molecule has 4 nitrogen and oxygen atoms in total. The number of hydrogen-bond acceptors (Lipinski definition) is 3. The number of rotatable bonds is 5. The predicted molar refractivity (Wildman–Crippen MR) is 98.7 cm³/mol. The molecule has 1 amide bonds. The van der Waals surface area contributed by atoms with Crippen LogP contribution < -0.4 is 9.47 Å². The van der Waals surface area contributed by atoms with Gasteiger partial charge in [0, 0.05) is 18.2 Å². The van der Waals surface area contributed by atoms with Crippen molar-refractivity contribution in [3.63, 3.8) is 0 Å². The number of carbonyl (C=O) groups is 1. The van der Waals surface area contributed by atoms with Gasteiger partial charge in [0.25, 0.3) is 0 Å². The van der Waals surface area contributed by atoms with Gasteiger partial charge in [0.2, 0.25) is 5.91 Å². The summed E-state index contributed by atoms with van der Waals surface area (Å²) in [5, 5.41) is 0. The zero-order chi connectivity index (χ0) is 18.5. The van der Waals surface area contributed by atoms with Gasteiger partial charge in [-0.05, 0) is 54.8 Å². The Balaban J connectivity index is 1.81. The lowest BCUT2D eigenvalue weighted by Crippen LogP contribution is -2.29. The molecule has 1 atom stereocenters. The van der Waals surface area contributed by atoms with Gasteiger partial charge in [0.1, 0.15) is 17.3 Å². The van der Waals surface area contributed by atoms with Gasteiger partial charge in [-0.3, -0.25) is 4.79 Å². The number of hydrogen-bond donors (Lipinski definition) is 0. The van der Waals surface area contributed by atoms with E-state index in [0.717, 1.165) is 35.5 Å². The fourth-order valence-corrected chi connectivity index (χ4v) is 3.29. The Labute approximate surface area is 152 Å². The van der Waals surface area contributed by atoms with E-state index < -0.39 is 0 Å². The Bertz CT molecular complexity index is 801. The van der Waals surface area contributed by atoms with E-state index in [4.69, 9.17) is 9.47 Å². The number of methoxy groups -OCH3 is 2. The molecule has 1 saturated heterocycles. The zero-order valence-electron chi connectivity index (χ0n) is 14.9. The molecule has 2 aromatic carbocycles. The van der Waals surface area contributed by atoms with Crippen molar-refractivity contribution in [2.24, 2.45) is 0 Å². The third-order valence-corrected chi connectivity index (χ3v) is 4.62. The number of nitrogens with zero attached hydrogens (tertiary/aromatic N) is 1. The first kappa shape index (κ1) is 18.0. The molecule has 1 aliphatic heterocycles. The van der Waals surface area contributed by atoms with Crippen molar-refractivity contribution in [1.82, 2.24) is 4.90 Å². The molecule has 0 aliphatic carbocycles. The van der Waals surface area contributed by atoms with Crippen LogP contribution in [-0.2, 0) is 4.79 Å². The van der Waals surface area contributed by atoms with E-state index in [2.05, 4.69) is 0 Å². The summed E-state index contributed by atoms with van der Waals surface area (Å²) in [5.74, 6) is 1.12. The number of ether oxygens (including phenoxy) is 2. The molecule has 0 saturated carbocycles. The van der Waals surface area contributed by atoms with Crippen molar-refractivity contribution < 1.29 is 18.7 Å². The standard InChI is InChI=1S/C21H22FNO3/c1-25-17-10-11-20(26-2)18(14-17)19-4-3-13-23(19)21(24)12-7-15-5-8-16(22)9-6-15/h5-12,14,19H,3-4,13H2,1-2H3. The van der Waals surface area contributed by atoms with E-state index in [-0.39, 0.29) is 17.8 Å². The van der Waals surface area contributed by atoms with Gasteiger partial charge in [-0.15, -0.1) is 0 Å². The minimum Gasteiger partial charge on any atom is -0.497 e.